The number of hydrogen-bond donors (Lipinski definition) is 3. The fraction of sp³-hybridized carbons (Fsp3) is 0.500. The smallest absolute Gasteiger partial charge is 0.303 e. The molecule has 19 heavy (non-hydrogen) atoms. The number of fused-ring (bicyclic) bond motifs is 4. The number of aliphatic hydroxyl groups excluding tert-OH is 1. The van der Waals surface area contributed by atoms with Crippen LogP contribution in [0.25, 0.3) is 0 Å². The number of nitrogens with one attached hydrogen (secondary N) is 1. The third kappa shape index (κ3) is 2.43. The number of aliphatic carboxylic acids is 1. The van der Waals surface area contributed by atoms with Crippen LogP contribution in [0.1, 0.15) is 30.1 Å². The zero-order chi connectivity index (χ0) is 13.4. The maximum Gasteiger partial charge on any atom is 0.303 e. The first kappa shape index (κ1) is 12.4. The Morgan fingerprint density at radius 2 is 2.32 bits per heavy atom. The number of ether oxygens (including phenoxy) is 1. The predicted molar refractivity (Wildman–Crippen MR) is 69.1 cm³/mol. The van der Waals surface area contributed by atoms with Crippen molar-refractivity contribution in [3.8, 4) is 0 Å². The fourth-order valence-electron chi connectivity index (χ4n) is 2.78. The molecule has 0 aromatic heterocycles. The second kappa shape index (κ2) is 4.83. The minimum Gasteiger partial charge on any atom is -0.481 e. The second-order valence-electron chi connectivity index (χ2n) is 5.19. The van der Waals surface area contributed by atoms with E-state index in [2.05, 4.69) is 5.32 Å². The number of rotatable bonds is 3. The third-order valence-electron chi connectivity index (χ3n) is 3.83. The van der Waals surface area contributed by atoms with Gasteiger partial charge in [0.1, 0.15) is 0 Å². The molecule has 5 nitrogen and oxygen atoms in total. The summed E-state index contributed by atoms with van der Waals surface area (Å²) in [5.74, 6) is -0.784. The molecule has 0 unspecified atom stereocenters. The first-order valence-electron chi connectivity index (χ1n) is 6.54. The van der Waals surface area contributed by atoms with E-state index in [1.54, 1.807) is 0 Å². The molecule has 3 atom stereocenters. The number of carbonyl (C=O) groups is 1. The van der Waals surface area contributed by atoms with Crippen molar-refractivity contribution in [1.29, 1.82) is 0 Å². The topological polar surface area (TPSA) is 78.8 Å². The van der Waals surface area contributed by atoms with Crippen molar-refractivity contribution in [3.05, 3.63) is 29.3 Å². The van der Waals surface area contributed by atoms with E-state index in [-0.39, 0.29) is 18.6 Å². The minimum absolute atomic E-state index is 0.00873. The molecule has 0 amide bonds. The number of carboxylic acid groups (broad SMARTS) is 1. The van der Waals surface area contributed by atoms with Crippen LogP contribution in [0, 0.1) is 0 Å². The highest BCUT2D eigenvalue weighted by Gasteiger charge is 2.36. The molecule has 2 heterocycles. The summed E-state index contributed by atoms with van der Waals surface area (Å²) in [4.78, 5) is 10.6. The van der Waals surface area contributed by atoms with Gasteiger partial charge < -0.3 is 20.3 Å². The van der Waals surface area contributed by atoms with Gasteiger partial charge in [-0.3, -0.25) is 4.79 Å². The number of carboxylic acids is 1. The highest BCUT2D eigenvalue weighted by atomic mass is 16.5. The summed E-state index contributed by atoms with van der Waals surface area (Å²) in [7, 11) is 0. The molecule has 1 saturated heterocycles. The van der Waals surface area contributed by atoms with Gasteiger partial charge in [0.2, 0.25) is 0 Å². The van der Waals surface area contributed by atoms with Crippen LogP contribution in [0.5, 0.6) is 0 Å². The van der Waals surface area contributed by atoms with Gasteiger partial charge in [0.05, 0.1) is 24.9 Å². The van der Waals surface area contributed by atoms with Crippen LogP contribution in [-0.2, 0) is 16.0 Å². The summed E-state index contributed by atoms with van der Waals surface area (Å²) in [5, 5.41) is 21.8. The van der Waals surface area contributed by atoms with Crippen LogP contribution in [0.3, 0.4) is 0 Å². The van der Waals surface area contributed by atoms with Crippen LogP contribution in [0.15, 0.2) is 18.2 Å². The quantitative estimate of drug-likeness (QED) is 0.766. The van der Waals surface area contributed by atoms with Crippen LogP contribution in [0.4, 0.5) is 5.69 Å². The normalized spacial score (nSPS) is 28.4. The van der Waals surface area contributed by atoms with Crippen molar-refractivity contribution in [2.24, 2.45) is 0 Å². The molecule has 1 fully saturated rings. The van der Waals surface area contributed by atoms with Gasteiger partial charge >= 0.3 is 5.97 Å². The first-order chi connectivity index (χ1) is 9.13. The van der Waals surface area contributed by atoms with Crippen LogP contribution >= 0.6 is 0 Å². The largest absolute Gasteiger partial charge is 0.481 e. The standard InChI is InChI=1S/C14H17NO4/c16-12-7-19-13-6-11(12)15-10-3-1-8(5-9(10)13)2-4-14(17)18/h1,3,5,11-13,15-16H,2,4,6-7H2,(H,17,18)/t11-,12-,13-/m1/s1. The van der Waals surface area contributed by atoms with Crippen molar-refractivity contribution >= 4 is 11.7 Å². The van der Waals surface area contributed by atoms with Crippen molar-refractivity contribution in [2.75, 3.05) is 11.9 Å². The van der Waals surface area contributed by atoms with Gasteiger partial charge in [0, 0.05) is 24.1 Å². The van der Waals surface area contributed by atoms with Gasteiger partial charge in [-0.25, -0.2) is 0 Å². The summed E-state index contributed by atoms with van der Waals surface area (Å²) in [5.41, 5.74) is 3.07. The zero-order valence-corrected chi connectivity index (χ0v) is 10.5. The summed E-state index contributed by atoms with van der Waals surface area (Å²) in [6, 6.07) is 5.95. The lowest BCUT2D eigenvalue weighted by Crippen LogP contribution is -2.45. The van der Waals surface area contributed by atoms with E-state index >= 15 is 0 Å². The van der Waals surface area contributed by atoms with Gasteiger partial charge in [-0.1, -0.05) is 12.1 Å². The Kier molecular flexibility index (Phi) is 3.16. The minimum atomic E-state index is -0.784. The number of aryl methyl sites for hydroxylation is 1. The summed E-state index contributed by atoms with van der Waals surface area (Å²) < 4.78 is 5.66. The average Bonchev–Trinajstić information content (AvgIpc) is 2.41. The fourth-order valence-corrected chi connectivity index (χ4v) is 2.78. The van der Waals surface area contributed by atoms with Crippen LogP contribution < -0.4 is 5.32 Å². The van der Waals surface area contributed by atoms with Crippen molar-refractivity contribution in [2.45, 2.75) is 37.5 Å². The number of benzene rings is 1. The molecular weight excluding hydrogens is 246 g/mol. The number of anilines is 1. The van der Waals surface area contributed by atoms with Crippen molar-refractivity contribution in [3.63, 3.8) is 0 Å². The monoisotopic (exact) mass is 263 g/mol. The number of aliphatic hydroxyl groups is 1. The van der Waals surface area contributed by atoms with E-state index < -0.39 is 12.1 Å². The van der Waals surface area contributed by atoms with E-state index in [0.29, 0.717) is 13.0 Å². The molecular formula is C14H17NO4. The van der Waals surface area contributed by atoms with Crippen molar-refractivity contribution in [1.82, 2.24) is 0 Å². The molecule has 2 aliphatic rings. The molecule has 102 valence electrons. The first-order valence-corrected chi connectivity index (χ1v) is 6.54. The van der Waals surface area contributed by atoms with Crippen LogP contribution in [0.2, 0.25) is 0 Å². The van der Waals surface area contributed by atoms with E-state index in [0.717, 1.165) is 23.2 Å². The molecule has 0 aliphatic carbocycles. The Hall–Kier alpha value is -1.59. The maximum absolute atomic E-state index is 10.6. The Balaban J connectivity index is 1.83. The number of hydrogen-bond acceptors (Lipinski definition) is 4. The Bertz CT molecular complexity index is 502. The SMILES string of the molecule is O=C(O)CCc1ccc2c(c1)[C@H]1C[C@@H](N2)[C@H](O)CO1. The van der Waals surface area contributed by atoms with E-state index in [1.165, 1.54) is 0 Å². The van der Waals surface area contributed by atoms with Gasteiger partial charge in [-0.2, -0.15) is 0 Å². The zero-order valence-electron chi connectivity index (χ0n) is 10.5. The lowest BCUT2D eigenvalue weighted by atomic mass is 9.88. The van der Waals surface area contributed by atoms with Gasteiger partial charge in [-0.05, 0) is 18.1 Å². The van der Waals surface area contributed by atoms with Crippen molar-refractivity contribution < 1.29 is 19.7 Å². The highest BCUT2D eigenvalue weighted by Crippen LogP contribution is 2.39. The predicted octanol–water partition coefficient (Wildman–Crippen LogP) is 1.32. The molecule has 0 saturated carbocycles. The molecule has 0 radical (unpaired) electrons. The third-order valence-corrected chi connectivity index (χ3v) is 3.83. The lowest BCUT2D eigenvalue weighted by molar-refractivity contribution is -0.136. The molecule has 0 spiro atoms. The second-order valence-corrected chi connectivity index (χ2v) is 5.19. The Labute approximate surface area is 111 Å². The van der Waals surface area contributed by atoms with E-state index in [9.17, 15) is 9.90 Å². The van der Waals surface area contributed by atoms with E-state index in [1.807, 2.05) is 18.2 Å². The molecule has 2 bridgehead atoms. The highest BCUT2D eigenvalue weighted by molar-refractivity contribution is 5.67. The molecule has 2 aliphatic heterocycles. The van der Waals surface area contributed by atoms with Gasteiger partial charge in [-0.15, -0.1) is 0 Å². The summed E-state index contributed by atoms with van der Waals surface area (Å²) in [6.07, 6.45) is 0.974. The molecule has 1 aromatic carbocycles. The molecule has 3 rings (SSSR count). The Morgan fingerprint density at radius 3 is 3.11 bits per heavy atom. The lowest BCUT2D eigenvalue weighted by Gasteiger charge is -2.40. The van der Waals surface area contributed by atoms with Gasteiger partial charge in [0.25, 0.3) is 0 Å². The van der Waals surface area contributed by atoms with Gasteiger partial charge in [0.15, 0.2) is 0 Å². The Morgan fingerprint density at radius 1 is 1.47 bits per heavy atom. The maximum atomic E-state index is 10.6. The van der Waals surface area contributed by atoms with Crippen LogP contribution in [-0.4, -0.2) is 34.9 Å². The summed E-state index contributed by atoms with van der Waals surface area (Å²) >= 11 is 0. The molecule has 1 aromatic rings. The summed E-state index contributed by atoms with van der Waals surface area (Å²) in [6.45, 7) is 0.348. The average molecular weight is 263 g/mol. The molecule has 5 heteroatoms. The molecule has 3 N–H and O–H groups in total. The van der Waals surface area contributed by atoms with E-state index in [4.69, 9.17) is 9.84 Å².